The highest BCUT2D eigenvalue weighted by atomic mass is 32.2. The van der Waals surface area contributed by atoms with Crippen LogP contribution in [0.4, 0.5) is 0 Å². The van der Waals surface area contributed by atoms with Crippen LogP contribution in [0.3, 0.4) is 0 Å². The fourth-order valence-corrected chi connectivity index (χ4v) is 3.10. The van der Waals surface area contributed by atoms with Crippen LogP contribution in [-0.4, -0.2) is 20.9 Å². The van der Waals surface area contributed by atoms with Gasteiger partial charge in [0.05, 0.1) is 5.56 Å². The van der Waals surface area contributed by atoms with Crippen molar-refractivity contribution in [1.29, 1.82) is 0 Å². The van der Waals surface area contributed by atoms with E-state index in [1.54, 1.807) is 6.07 Å². The van der Waals surface area contributed by atoms with Gasteiger partial charge in [0.15, 0.2) is 0 Å². The molecule has 0 fully saturated rings. The Morgan fingerprint density at radius 3 is 2.55 bits per heavy atom. The van der Waals surface area contributed by atoms with Crippen molar-refractivity contribution in [1.82, 2.24) is 4.57 Å². The summed E-state index contributed by atoms with van der Waals surface area (Å²) >= 11 is 1.84. The summed E-state index contributed by atoms with van der Waals surface area (Å²) < 4.78 is 2.16. The zero-order chi connectivity index (χ0) is 14.9. The van der Waals surface area contributed by atoms with Gasteiger partial charge in [0, 0.05) is 28.9 Å². The van der Waals surface area contributed by atoms with Crippen molar-refractivity contribution in [3.05, 3.63) is 35.5 Å². The molecule has 0 atom stereocenters. The van der Waals surface area contributed by atoms with Crippen molar-refractivity contribution in [3.63, 3.8) is 0 Å². The topological polar surface area (TPSA) is 42.2 Å². The molecule has 0 aliphatic heterocycles. The summed E-state index contributed by atoms with van der Waals surface area (Å²) in [6, 6.07) is 5.84. The highest BCUT2D eigenvalue weighted by Crippen LogP contribution is 2.31. The third kappa shape index (κ3) is 2.85. The molecule has 4 heteroatoms. The second-order valence-electron chi connectivity index (χ2n) is 5.52. The Morgan fingerprint density at radius 2 is 2.00 bits per heavy atom. The first-order valence-corrected chi connectivity index (χ1v) is 7.94. The minimum Gasteiger partial charge on any atom is -0.478 e. The number of hydrogen-bond acceptors (Lipinski definition) is 2. The average Bonchev–Trinajstić information content (AvgIpc) is 2.75. The molecule has 2 aromatic rings. The summed E-state index contributed by atoms with van der Waals surface area (Å²) in [4.78, 5) is 11.5. The molecule has 0 bridgehead atoms. The fourth-order valence-electron chi connectivity index (χ4n) is 2.37. The quantitative estimate of drug-likeness (QED) is 0.878. The first kappa shape index (κ1) is 15.0. The highest BCUT2D eigenvalue weighted by Gasteiger charge is 2.17. The van der Waals surface area contributed by atoms with E-state index in [1.165, 1.54) is 0 Å². The lowest BCUT2D eigenvalue weighted by Gasteiger charge is -2.09. The van der Waals surface area contributed by atoms with Gasteiger partial charge in [-0.1, -0.05) is 19.9 Å². The number of carboxylic acid groups (broad SMARTS) is 1. The molecule has 1 N–H and O–H groups in total. The van der Waals surface area contributed by atoms with Crippen molar-refractivity contribution < 1.29 is 9.90 Å². The number of fused-ring (bicyclic) bond motifs is 1. The lowest BCUT2D eigenvalue weighted by Crippen LogP contribution is -2.00. The van der Waals surface area contributed by atoms with Gasteiger partial charge in [0.2, 0.25) is 0 Å². The molecule has 20 heavy (non-hydrogen) atoms. The van der Waals surface area contributed by atoms with Gasteiger partial charge in [0.25, 0.3) is 0 Å². The van der Waals surface area contributed by atoms with E-state index in [0.717, 1.165) is 22.2 Å². The standard InChI is InChI=1S/C16H21NO2S/c1-10(2)17-8-12(9-20-11(3)4)15-13(16(18)19)6-5-7-14(15)17/h5-8,10-11H,9H2,1-4H3,(H,18,19). The molecular weight excluding hydrogens is 270 g/mol. The van der Waals surface area contributed by atoms with Crippen LogP contribution in [-0.2, 0) is 5.75 Å². The van der Waals surface area contributed by atoms with E-state index in [9.17, 15) is 9.90 Å². The molecular formula is C16H21NO2S. The number of aromatic carboxylic acids is 1. The monoisotopic (exact) mass is 291 g/mol. The van der Waals surface area contributed by atoms with Crippen LogP contribution in [0.5, 0.6) is 0 Å². The molecule has 108 valence electrons. The Kier molecular flexibility index (Phi) is 4.43. The molecule has 0 unspecified atom stereocenters. The van der Waals surface area contributed by atoms with E-state index >= 15 is 0 Å². The zero-order valence-electron chi connectivity index (χ0n) is 12.4. The summed E-state index contributed by atoms with van der Waals surface area (Å²) in [6.07, 6.45) is 2.11. The van der Waals surface area contributed by atoms with Crippen molar-refractivity contribution in [2.75, 3.05) is 0 Å². The maximum Gasteiger partial charge on any atom is 0.336 e. The van der Waals surface area contributed by atoms with Crippen molar-refractivity contribution in [3.8, 4) is 0 Å². The van der Waals surface area contributed by atoms with Gasteiger partial charge in [-0.2, -0.15) is 11.8 Å². The minimum atomic E-state index is -0.854. The molecule has 2 rings (SSSR count). The van der Waals surface area contributed by atoms with Gasteiger partial charge in [0.1, 0.15) is 0 Å². The Balaban J connectivity index is 2.63. The Labute approximate surface area is 124 Å². The first-order chi connectivity index (χ1) is 9.41. The summed E-state index contributed by atoms with van der Waals surface area (Å²) in [5, 5.41) is 10.8. The van der Waals surface area contributed by atoms with Gasteiger partial charge in [-0.05, 0) is 36.8 Å². The molecule has 0 aliphatic carbocycles. The van der Waals surface area contributed by atoms with Gasteiger partial charge >= 0.3 is 5.97 Å². The van der Waals surface area contributed by atoms with Crippen molar-refractivity contribution in [2.24, 2.45) is 0 Å². The number of aromatic nitrogens is 1. The molecule has 3 nitrogen and oxygen atoms in total. The average molecular weight is 291 g/mol. The van der Waals surface area contributed by atoms with Crippen LogP contribution >= 0.6 is 11.8 Å². The van der Waals surface area contributed by atoms with E-state index in [-0.39, 0.29) is 0 Å². The van der Waals surface area contributed by atoms with Gasteiger partial charge in [-0.25, -0.2) is 4.79 Å². The van der Waals surface area contributed by atoms with Crippen LogP contribution in [0, 0.1) is 0 Å². The number of benzene rings is 1. The van der Waals surface area contributed by atoms with Crippen molar-refractivity contribution in [2.45, 2.75) is 44.7 Å². The number of carboxylic acids is 1. The van der Waals surface area contributed by atoms with E-state index in [2.05, 4.69) is 38.5 Å². The molecule has 1 aromatic carbocycles. The largest absolute Gasteiger partial charge is 0.478 e. The predicted molar refractivity (Wildman–Crippen MR) is 85.7 cm³/mol. The summed E-state index contributed by atoms with van der Waals surface area (Å²) in [7, 11) is 0. The van der Waals surface area contributed by atoms with E-state index in [1.807, 2.05) is 23.9 Å². The van der Waals surface area contributed by atoms with Gasteiger partial charge in [-0.15, -0.1) is 0 Å². The lowest BCUT2D eigenvalue weighted by molar-refractivity contribution is 0.0699. The summed E-state index contributed by atoms with van der Waals surface area (Å²) in [6.45, 7) is 8.55. The number of hydrogen-bond donors (Lipinski definition) is 1. The Hall–Kier alpha value is -1.42. The molecule has 0 saturated heterocycles. The van der Waals surface area contributed by atoms with E-state index < -0.39 is 5.97 Å². The smallest absolute Gasteiger partial charge is 0.336 e. The highest BCUT2D eigenvalue weighted by molar-refractivity contribution is 7.99. The van der Waals surface area contributed by atoms with Crippen LogP contribution < -0.4 is 0 Å². The van der Waals surface area contributed by atoms with Crippen molar-refractivity contribution >= 4 is 28.6 Å². The number of thioether (sulfide) groups is 1. The fraction of sp³-hybridized carbons (Fsp3) is 0.438. The molecule has 0 aliphatic rings. The molecule has 0 radical (unpaired) electrons. The van der Waals surface area contributed by atoms with Gasteiger partial charge in [-0.3, -0.25) is 0 Å². The second-order valence-corrected chi connectivity index (χ2v) is 7.08. The van der Waals surface area contributed by atoms with Crippen LogP contribution in [0.1, 0.15) is 49.7 Å². The third-order valence-corrected chi connectivity index (χ3v) is 4.44. The number of nitrogens with zero attached hydrogens (tertiary/aromatic N) is 1. The zero-order valence-corrected chi connectivity index (χ0v) is 13.2. The second kappa shape index (κ2) is 5.92. The molecule has 1 heterocycles. The predicted octanol–water partition coefficient (Wildman–Crippen LogP) is 4.56. The normalized spacial score (nSPS) is 11.7. The van der Waals surface area contributed by atoms with E-state index in [4.69, 9.17) is 0 Å². The first-order valence-electron chi connectivity index (χ1n) is 6.89. The maximum absolute atomic E-state index is 11.5. The maximum atomic E-state index is 11.5. The molecule has 0 amide bonds. The number of rotatable bonds is 5. The van der Waals surface area contributed by atoms with Crippen LogP contribution in [0.2, 0.25) is 0 Å². The van der Waals surface area contributed by atoms with Crippen LogP contribution in [0.25, 0.3) is 10.9 Å². The minimum absolute atomic E-state index is 0.319. The van der Waals surface area contributed by atoms with Gasteiger partial charge < -0.3 is 9.67 Å². The van der Waals surface area contributed by atoms with Crippen LogP contribution in [0.15, 0.2) is 24.4 Å². The third-order valence-electron chi connectivity index (χ3n) is 3.30. The lowest BCUT2D eigenvalue weighted by atomic mass is 10.1. The number of carbonyl (C=O) groups is 1. The summed E-state index contributed by atoms with van der Waals surface area (Å²) in [5.41, 5.74) is 2.53. The molecule has 1 aromatic heterocycles. The SMILES string of the molecule is CC(C)SCc1cn(C(C)C)c2cccc(C(=O)O)c12. The summed E-state index contributed by atoms with van der Waals surface area (Å²) in [5.74, 6) is -0.00838. The Bertz CT molecular complexity index is 629. The van der Waals surface area contributed by atoms with E-state index in [0.29, 0.717) is 16.9 Å². The molecule has 0 saturated carbocycles. The molecule has 0 spiro atoms. The Morgan fingerprint density at radius 1 is 1.30 bits per heavy atom.